The highest BCUT2D eigenvalue weighted by Gasteiger charge is 2.50. The van der Waals surface area contributed by atoms with Gasteiger partial charge in [0.05, 0.1) is 0 Å². The van der Waals surface area contributed by atoms with Gasteiger partial charge in [-0.05, 0) is 34.6 Å². The number of hydrogen-bond donors (Lipinski definition) is 5. The second kappa shape index (κ2) is 6.49. The second-order valence-electron chi connectivity index (χ2n) is 7.29. The zero-order chi connectivity index (χ0) is 17.2. The number of piperidine rings is 1. The number of nitrogens with one attached hydrogen (secondary N) is 3. The summed E-state index contributed by atoms with van der Waals surface area (Å²) in [6.07, 6.45) is 0.0164. The molecule has 1 heterocycles. The highest BCUT2D eigenvalue weighted by Crippen LogP contribution is 2.36. The first-order chi connectivity index (χ1) is 9.85. The Morgan fingerprint density at radius 2 is 1.77 bits per heavy atom. The molecular formula is C14H28N4O4. The van der Waals surface area contributed by atoms with Gasteiger partial charge >= 0.3 is 6.03 Å². The zero-order valence-electron chi connectivity index (χ0n) is 13.9. The Labute approximate surface area is 131 Å². The van der Waals surface area contributed by atoms with Gasteiger partial charge in [0, 0.05) is 23.9 Å². The van der Waals surface area contributed by atoms with Crippen LogP contribution in [0.2, 0.25) is 0 Å². The fourth-order valence-electron chi connectivity index (χ4n) is 3.28. The molecule has 22 heavy (non-hydrogen) atoms. The molecule has 0 aliphatic carbocycles. The van der Waals surface area contributed by atoms with Gasteiger partial charge in [-0.3, -0.25) is 10.2 Å². The van der Waals surface area contributed by atoms with Gasteiger partial charge in [-0.15, -0.1) is 0 Å². The van der Waals surface area contributed by atoms with Crippen LogP contribution >= 0.6 is 0 Å². The summed E-state index contributed by atoms with van der Waals surface area (Å²) in [6, 6.07) is -0.748. The third kappa shape index (κ3) is 5.53. The first kappa shape index (κ1) is 18.8. The first-order valence-corrected chi connectivity index (χ1v) is 7.33. The fraction of sp³-hybridized carbons (Fsp3) is 0.857. The standard InChI is InChI=1S/C14H28N4O4/c1-9(16-17-11(15)20)22-6-10(19)14(21)7-12(2,3)18-13(4,5)8-14/h9,16,18,21H,6-8H2,1-5H3,(H3,15,17,20). The summed E-state index contributed by atoms with van der Waals surface area (Å²) < 4.78 is 5.30. The third-order valence-electron chi connectivity index (χ3n) is 3.53. The van der Waals surface area contributed by atoms with E-state index in [1.165, 1.54) is 0 Å². The monoisotopic (exact) mass is 316 g/mol. The fourth-order valence-corrected chi connectivity index (χ4v) is 3.28. The first-order valence-electron chi connectivity index (χ1n) is 7.33. The number of rotatable bonds is 6. The van der Waals surface area contributed by atoms with Crippen molar-refractivity contribution in [1.82, 2.24) is 16.2 Å². The molecule has 0 spiro atoms. The molecule has 8 heteroatoms. The van der Waals surface area contributed by atoms with Crippen LogP contribution in [0.4, 0.5) is 4.79 Å². The average molecular weight is 316 g/mol. The lowest BCUT2D eigenvalue weighted by Crippen LogP contribution is -2.66. The molecule has 0 saturated carbocycles. The number of hydrogen-bond acceptors (Lipinski definition) is 6. The van der Waals surface area contributed by atoms with E-state index in [0.29, 0.717) is 12.8 Å². The van der Waals surface area contributed by atoms with Crippen molar-refractivity contribution in [2.24, 2.45) is 5.73 Å². The maximum Gasteiger partial charge on any atom is 0.326 e. The zero-order valence-corrected chi connectivity index (χ0v) is 13.9. The predicted octanol–water partition coefficient (Wildman–Crippen LogP) is -0.237. The number of Topliss-reactive ketones (excluding diaryl/α,β-unsaturated/α-hetero) is 1. The van der Waals surface area contributed by atoms with Crippen molar-refractivity contribution in [3.63, 3.8) is 0 Å². The number of primary amides is 1. The van der Waals surface area contributed by atoms with E-state index in [4.69, 9.17) is 10.5 Å². The van der Waals surface area contributed by atoms with Crippen LogP contribution in [0.5, 0.6) is 0 Å². The molecular weight excluding hydrogens is 288 g/mol. The normalized spacial score (nSPS) is 23.5. The van der Waals surface area contributed by atoms with Gasteiger partial charge in [0.15, 0.2) is 5.78 Å². The summed E-state index contributed by atoms with van der Waals surface area (Å²) in [6.45, 7) is 9.17. The lowest BCUT2D eigenvalue weighted by Gasteiger charge is -2.49. The number of carbonyl (C=O) groups excluding carboxylic acids is 2. The van der Waals surface area contributed by atoms with Crippen LogP contribution in [0, 0.1) is 0 Å². The molecule has 8 nitrogen and oxygen atoms in total. The number of ether oxygens (including phenoxy) is 1. The molecule has 0 radical (unpaired) electrons. The number of urea groups is 1. The minimum atomic E-state index is -1.44. The van der Waals surface area contributed by atoms with Gasteiger partial charge in [-0.2, -0.15) is 0 Å². The van der Waals surface area contributed by atoms with E-state index >= 15 is 0 Å². The molecule has 2 amide bonds. The minimum Gasteiger partial charge on any atom is -0.382 e. The Kier molecular flexibility index (Phi) is 5.56. The van der Waals surface area contributed by atoms with Crippen LogP contribution < -0.4 is 21.9 Å². The Morgan fingerprint density at radius 1 is 1.27 bits per heavy atom. The Morgan fingerprint density at radius 3 is 2.23 bits per heavy atom. The lowest BCUT2D eigenvalue weighted by atomic mass is 9.71. The second-order valence-corrected chi connectivity index (χ2v) is 7.29. The number of hydrazine groups is 1. The van der Waals surface area contributed by atoms with Crippen LogP contribution in [0.1, 0.15) is 47.5 Å². The Bertz CT molecular complexity index is 421. The molecule has 1 fully saturated rings. The summed E-state index contributed by atoms with van der Waals surface area (Å²) >= 11 is 0. The van der Waals surface area contributed by atoms with Gasteiger partial charge in [0.2, 0.25) is 0 Å². The average Bonchev–Trinajstić information content (AvgIpc) is 2.28. The number of amides is 2. The number of nitrogens with two attached hydrogens (primary N) is 1. The van der Waals surface area contributed by atoms with Crippen LogP contribution in [0.15, 0.2) is 0 Å². The molecule has 6 N–H and O–H groups in total. The van der Waals surface area contributed by atoms with E-state index in [-0.39, 0.29) is 23.5 Å². The number of ketones is 1. The summed E-state index contributed by atoms with van der Waals surface area (Å²) in [7, 11) is 0. The molecule has 0 bridgehead atoms. The van der Waals surface area contributed by atoms with Gasteiger partial charge in [0.25, 0.3) is 0 Å². The van der Waals surface area contributed by atoms with Crippen LogP contribution in [-0.2, 0) is 9.53 Å². The smallest absolute Gasteiger partial charge is 0.326 e. The van der Waals surface area contributed by atoms with Crippen molar-refractivity contribution < 1.29 is 19.4 Å². The van der Waals surface area contributed by atoms with Crippen LogP contribution in [-0.4, -0.2) is 46.4 Å². The van der Waals surface area contributed by atoms with Crippen LogP contribution in [0.3, 0.4) is 0 Å². The van der Waals surface area contributed by atoms with Gasteiger partial charge in [0.1, 0.15) is 18.4 Å². The lowest BCUT2D eigenvalue weighted by molar-refractivity contribution is -0.154. The van der Waals surface area contributed by atoms with E-state index in [1.54, 1.807) is 6.92 Å². The van der Waals surface area contributed by atoms with Crippen molar-refractivity contribution in [3.05, 3.63) is 0 Å². The molecule has 1 aliphatic heterocycles. The van der Waals surface area contributed by atoms with Crippen molar-refractivity contribution in [2.75, 3.05) is 6.61 Å². The van der Waals surface area contributed by atoms with E-state index in [9.17, 15) is 14.7 Å². The molecule has 0 aromatic carbocycles. The molecule has 1 rings (SSSR count). The summed E-state index contributed by atoms with van der Waals surface area (Å²) in [5.74, 6) is -0.372. The molecule has 1 saturated heterocycles. The molecule has 128 valence electrons. The van der Waals surface area contributed by atoms with E-state index in [0.717, 1.165) is 0 Å². The summed E-state index contributed by atoms with van der Waals surface area (Å²) in [5.41, 5.74) is 7.42. The van der Waals surface area contributed by atoms with Gasteiger partial charge in [-0.25, -0.2) is 10.2 Å². The maximum atomic E-state index is 12.4. The Balaban J connectivity index is 2.61. The maximum absolute atomic E-state index is 12.4. The minimum absolute atomic E-state index is 0.253. The topological polar surface area (TPSA) is 126 Å². The Hall–Kier alpha value is -1.22. The molecule has 1 unspecified atom stereocenters. The molecule has 0 aromatic heterocycles. The van der Waals surface area contributed by atoms with Gasteiger partial charge in [-0.1, -0.05) is 0 Å². The van der Waals surface area contributed by atoms with E-state index < -0.39 is 17.9 Å². The van der Waals surface area contributed by atoms with E-state index in [1.807, 2.05) is 27.7 Å². The highest BCUT2D eigenvalue weighted by atomic mass is 16.5. The van der Waals surface area contributed by atoms with Crippen molar-refractivity contribution >= 4 is 11.8 Å². The molecule has 1 aliphatic rings. The van der Waals surface area contributed by atoms with Crippen LogP contribution in [0.25, 0.3) is 0 Å². The number of aliphatic hydroxyl groups is 1. The van der Waals surface area contributed by atoms with Gasteiger partial charge < -0.3 is 20.9 Å². The quantitative estimate of drug-likeness (QED) is 0.340. The molecule has 1 atom stereocenters. The summed E-state index contributed by atoms with van der Waals surface area (Å²) in [4.78, 5) is 23.0. The van der Waals surface area contributed by atoms with Crippen molar-refractivity contribution in [3.8, 4) is 0 Å². The SMILES string of the molecule is CC(NNC(N)=O)OCC(=O)C1(O)CC(C)(C)NC(C)(C)C1. The number of carbonyl (C=O) groups is 2. The van der Waals surface area contributed by atoms with Crippen molar-refractivity contribution in [1.29, 1.82) is 0 Å². The summed E-state index contributed by atoms with van der Waals surface area (Å²) in [5, 5.41) is 14.2. The van der Waals surface area contributed by atoms with E-state index in [2.05, 4.69) is 16.2 Å². The highest BCUT2D eigenvalue weighted by molar-refractivity contribution is 5.88. The van der Waals surface area contributed by atoms with Crippen molar-refractivity contribution in [2.45, 2.75) is 70.4 Å². The predicted molar refractivity (Wildman–Crippen MR) is 81.8 cm³/mol. The largest absolute Gasteiger partial charge is 0.382 e. The third-order valence-corrected chi connectivity index (χ3v) is 3.53. The molecule has 0 aromatic rings.